The molecule has 28 heavy (non-hydrogen) atoms. The van der Waals surface area contributed by atoms with Crippen LogP contribution in [0.15, 0.2) is 42.5 Å². The van der Waals surface area contributed by atoms with Crippen molar-refractivity contribution < 1.29 is 14.2 Å². The molecule has 142 valence electrons. The van der Waals surface area contributed by atoms with E-state index in [0.29, 0.717) is 23.1 Å². The van der Waals surface area contributed by atoms with Gasteiger partial charge in [0.1, 0.15) is 18.4 Å². The van der Waals surface area contributed by atoms with E-state index in [-0.39, 0.29) is 6.79 Å². The van der Waals surface area contributed by atoms with Crippen molar-refractivity contribution in [3.05, 3.63) is 58.6 Å². The van der Waals surface area contributed by atoms with Crippen LogP contribution in [0.2, 0.25) is 5.02 Å². The third-order valence-electron chi connectivity index (χ3n) is 5.00. The second-order valence-electron chi connectivity index (χ2n) is 6.73. The Hall–Kier alpha value is -2.77. The Morgan fingerprint density at radius 2 is 1.75 bits per heavy atom. The molecule has 0 spiro atoms. The van der Waals surface area contributed by atoms with Crippen LogP contribution < -0.4 is 9.47 Å². The van der Waals surface area contributed by atoms with Gasteiger partial charge in [-0.05, 0) is 41.8 Å². The Bertz CT molecular complexity index is 950. The normalized spacial score (nSPS) is 22.6. The molecule has 2 aromatic carbocycles. The number of benzene rings is 2. The molecular formula is C21H18ClN3O3. The number of ether oxygens (including phenoxy) is 3. The Kier molecular flexibility index (Phi) is 4.87. The minimum atomic E-state index is -1.65. The molecule has 2 atom stereocenters. The number of rotatable bonds is 4. The molecule has 0 saturated carbocycles. The van der Waals surface area contributed by atoms with Crippen molar-refractivity contribution in [3.8, 4) is 23.6 Å². The highest BCUT2D eigenvalue weighted by Crippen LogP contribution is 2.50. The molecule has 4 rings (SSSR count). The first-order valence-corrected chi connectivity index (χ1v) is 9.40. The number of nitrogens with zero attached hydrogens (tertiary/aromatic N) is 3. The van der Waals surface area contributed by atoms with Gasteiger partial charge in [0.15, 0.2) is 11.5 Å². The van der Waals surface area contributed by atoms with Crippen LogP contribution in [0, 0.1) is 22.7 Å². The van der Waals surface area contributed by atoms with Crippen molar-refractivity contribution >= 4 is 11.6 Å². The molecule has 7 heteroatoms. The lowest BCUT2D eigenvalue weighted by atomic mass is 9.90. The van der Waals surface area contributed by atoms with E-state index in [2.05, 4.69) is 12.1 Å². The summed E-state index contributed by atoms with van der Waals surface area (Å²) >= 11 is 6.02. The maximum Gasteiger partial charge on any atom is 0.262 e. The molecule has 2 heterocycles. The molecule has 1 fully saturated rings. The van der Waals surface area contributed by atoms with Crippen LogP contribution in [0.5, 0.6) is 11.5 Å². The first-order chi connectivity index (χ1) is 13.6. The average Bonchev–Trinajstić information content (AvgIpc) is 3.31. The van der Waals surface area contributed by atoms with E-state index in [1.54, 1.807) is 18.2 Å². The number of hydrogen-bond acceptors (Lipinski definition) is 6. The summed E-state index contributed by atoms with van der Waals surface area (Å²) in [6, 6.07) is 16.4. The maximum atomic E-state index is 9.94. The fraction of sp³-hybridized carbons (Fsp3) is 0.333. The average molecular weight is 396 g/mol. The summed E-state index contributed by atoms with van der Waals surface area (Å²) < 4.78 is 17.0. The lowest BCUT2D eigenvalue weighted by Crippen LogP contribution is -2.36. The third kappa shape index (κ3) is 2.96. The van der Waals surface area contributed by atoms with Crippen molar-refractivity contribution in [2.24, 2.45) is 0 Å². The van der Waals surface area contributed by atoms with Gasteiger partial charge in [-0.1, -0.05) is 36.7 Å². The van der Waals surface area contributed by atoms with Gasteiger partial charge in [-0.3, -0.25) is 4.90 Å². The maximum absolute atomic E-state index is 9.94. The van der Waals surface area contributed by atoms with Gasteiger partial charge in [-0.15, -0.1) is 0 Å². The van der Waals surface area contributed by atoms with Gasteiger partial charge < -0.3 is 14.2 Å². The van der Waals surface area contributed by atoms with E-state index in [0.717, 1.165) is 17.5 Å². The Labute approximate surface area is 168 Å². The quantitative estimate of drug-likeness (QED) is 0.766. The minimum absolute atomic E-state index is 0.160. The van der Waals surface area contributed by atoms with Crippen LogP contribution in [0.1, 0.15) is 36.7 Å². The molecule has 1 saturated heterocycles. The summed E-state index contributed by atoms with van der Waals surface area (Å²) in [4.78, 5) is 2.05. The molecule has 2 aliphatic rings. The molecular weight excluding hydrogens is 378 g/mol. The molecule has 0 aromatic heterocycles. The summed E-state index contributed by atoms with van der Waals surface area (Å²) in [6.45, 7) is 2.86. The van der Waals surface area contributed by atoms with E-state index in [1.165, 1.54) is 0 Å². The van der Waals surface area contributed by atoms with Crippen LogP contribution in [-0.2, 0) is 4.74 Å². The fourth-order valence-corrected chi connectivity index (χ4v) is 3.90. The van der Waals surface area contributed by atoms with Gasteiger partial charge in [0.2, 0.25) is 6.79 Å². The molecule has 0 N–H and O–H groups in total. The van der Waals surface area contributed by atoms with Crippen LogP contribution in [0.3, 0.4) is 0 Å². The lowest BCUT2D eigenvalue weighted by Gasteiger charge is -2.29. The van der Waals surface area contributed by atoms with E-state index < -0.39 is 17.9 Å². The summed E-state index contributed by atoms with van der Waals surface area (Å²) in [6.07, 6.45) is 0.300. The van der Waals surface area contributed by atoms with Crippen LogP contribution in [0.25, 0.3) is 0 Å². The van der Waals surface area contributed by atoms with Crippen molar-refractivity contribution in [1.82, 2.24) is 4.90 Å². The highest BCUT2D eigenvalue weighted by Gasteiger charge is 2.56. The predicted molar refractivity (Wildman–Crippen MR) is 102 cm³/mol. The first kappa shape index (κ1) is 18.6. The largest absolute Gasteiger partial charge is 0.454 e. The number of halogens is 1. The molecule has 0 amide bonds. The molecule has 6 nitrogen and oxygen atoms in total. The second-order valence-corrected chi connectivity index (χ2v) is 7.17. The number of fused-ring (bicyclic) bond motifs is 1. The van der Waals surface area contributed by atoms with E-state index in [1.807, 2.05) is 36.1 Å². The topological polar surface area (TPSA) is 78.5 Å². The summed E-state index contributed by atoms with van der Waals surface area (Å²) in [7, 11) is 0. The predicted octanol–water partition coefficient (Wildman–Crippen LogP) is 4.34. The van der Waals surface area contributed by atoms with Crippen molar-refractivity contribution in [1.29, 1.82) is 10.5 Å². The molecule has 2 aromatic rings. The van der Waals surface area contributed by atoms with Gasteiger partial charge in [0.25, 0.3) is 5.60 Å². The van der Waals surface area contributed by atoms with Gasteiger partial charge in [0.05, 0.1) is 6.04 Å². The molecule has 0 aliphatic carbocycles. The third-order valence-corrected chi connectivity index (χ3v) is 5.25. The number of hydrogen-bond donors (Lipinski definition) is 0. The fourth-order valence-electron chi connectivity index (χ4n) is 3.78. The molecule has 0 unspecified atom stereocenters. The molecule has 2 aliphatic heterocycles. The Morgan fingerprint density at radius 1 is 1.07 bits per heavy atom. The van der Waals surface area contributed by atoms with E-state index in [4.69, 9.17) is 25.8 Å². The zero-order valence-electron chi connectivity index (χ0n) is 15.3. The van der Waals surface area contributed by atoms with Gasteiger partial charge in [-0.2, -0.15) is 10.5 Å². The summed E-state index contributed by atoms with van der Waals surface area (Å²) in [5.74, 6) is 1.26. The minimum Gasteiger partial charge on any atom is -0.454 e. The van der Waals surface area contributed by atoms with Crippen molar-refractivity contribution in [2.45, 2.75) is 31.2 Å². The summed E-state index contributed by atoms with van der Waals surface area (Å²) in [5.41, 5.74) is -0.0269. The van der Waals surface area contributed by atoms with Gasteiger partial charge >= 0.3 is 0 Å². The smallest absolute Gasteiger partial charge is 0.262 e. The van der Waals surface area contributed by atoms with Crippen LogP contribution in [0.4, 0.5) is 0 Å². The van der Waals surface area contributed by atoms with Gasteiger partial charge in [0, 0.05) is 11.6 Å². The lowest BCUT2D eigenvalue weighted by molar-refractivity contribution is -0.00905. The SMILES string of the molecule is CCCN1[C@@H](c2ccc3c(c2)OCO3)C(C#N)(C#N)O[C@H]1c1ccc(Cl)cc1. The van der Waals surface area contributed by atoms with Crippen LogP contribution in [-0.4, -0.2) is 23.8 Å². The Morgan fingerprint density at radius 3 is 2.43 bits per heavy atom. The van der Waals surface area contributed by atoms with Gasteiger partial charge in [-0.25, -0.2) is 0 Å². The highest BCUT2D eigenvalue weighted by atomic mass is 35.5. The van der Waals surface area contributed by atoms with Crippen molar-refractivity contribution in [3.63, 3.8) is 0 Å². The molecule has 0 radical (unpaired) electrons. The zero-order chi connectivity index (χ0) is 19.7. The second kappa shape index (κ2) is 7.33. The Balaban J connectivity index is 1.82. The summed E-state index contributed by atoms with van der Waals surface area (Å²) in [5, 5.41) is 20.5. The first-order valence-electron chi connectivity index (χ1n) is 9.03. The van der Waals surface area contributed by atoms with E-state index in [9.17, 15) is 10.5 Å². The van der Waals surface area contributed by atoms with E-state index >= 15 is 0 Å². The standard InChI is InChI=1S/C21H18ClN3O3/c1-2-9-25-19(15-5-8-17-18(10-15)27-13-26-17)21(11-23,12-24)28-20(25)14-3-6-16(22)7-4-14/h3-8,10,19-20H,2,9,13H2,1H3/t19-,20-/m0/s1. The highest BCUT2D eigenvalue weighted by molar-refractivity contribution is 6.30. The van der Waals surface area contributed by atoms with Crippen LogP contribution >= 0.6 is 11.6 Å². The zero-order valence-corrected chi connectivity index (χ0v) is 16.0. The number of nitriles is 2. The van der Waals surface area contributed by atoms with Crippen molar-refractivity contribution in [2.75, 3.05) is 13.3 Å². The molecule has 0 bridgehead atoms. The monoisotopic (exact) mass is 395 g/mol.